The molecular formula is C33H32Br4O4. The molecule has 0 unspecified atom stereocenters. The second-order valence-electron chi connectivity index (χ2n) is 10.9. The minimum Gasteiger partial charge on any atom is -0.508 e. The Hall–Kier alpha value is -2.00. The van der Waals surface area contributed by atoms with Crippen LogP contribution in [-0.4, -0.2) is 20.4 Å². The summed E-state index contributed by atoms with van der Waals surface area (Å²) in [5.74, 6) is 0.987. The van der Waals surface area contributed by atoms with Crippen molar-refractivity contribution >= 4 is 63.7 Å². The Morgan fingerprint density at radius 2 is 0.854 bits per heavy atom. The third-order valence-electron chi connectivity index (χ3n) is 8.02. The van der Waals surface area contributed by atoms with Crippen molar-refractivity contribution in [2.24, 2.45) is 0 Å². The molecule has 1 saturated carbocycles. The standard InChI is InChI=1S/C18H20O2.C15H12Br4O2/c19-16-8-4-14(5-9-16)18(12-2-1-3-13-18)15-6-10-17(20)11-7-15;1-15(2,7-3-9(16)13(20)10(17)4-7)8-5-11(18)14(21)12(19)6-8/h4-11,19-20H,1-3,12-13H2;3-6,20-21H,1-2H3. The van der Waals surface area contributed by atoms with Gasteiger partial charge in [-0.2, -0.15) is 0 Å². The molecule has 0 aromatic heterocycles. The van der Waals surface area contributed by atoms with E-state index in [9.17, 15) is 20.4 Å². The molecule has 0 amide bonds. The van der Waals surface area contributed by atoms with Crippen LogP contribution in [0.1, 0.15) is 68.2 Å². The number of aromatic hydroxyl groups is 4. The lowest BCUT2D eigenvalue weighted by Crippen LogP contribution is -2.30. The average molecular weight is 812 g/mol. The van der Waals surface area contributed by atoms with E-state index in [1.165, 1.54) is 30.4 Å². The zero-order valence-corrected chi connectivity index (χ0v) is 29.1. The molecule has 8 heteroatoms. The number of halogens is 4. The summed E-state index contributed by atoms with van der Waals surface area (Å²) >= 11 is 13.5. The topological polar surface area (TPSA) is 80.9 Å². The lowest BCUT2D eigenvalue weighted by atomic mass is 9.65. The molecule has 0 radical (unpaired) electrons. The van der Waals surface area contributed by atoms with Crippen molar-refractivity contribution in [1.82, 2.24) is 0 Å². The summed E-state index contributed by atoms with van der Waals surface area (Å²) in [5, 5.41) is 38.7. The van der Waals surface area contributed by atoms with Crippen molar-refractivity contribution in [2.45, 2.75) is 56.8 Å². The van der Waals surface area contributed by atoms with Crippen LogP contribution >= 0.6 is 63.7 Å². The molecule has 1 aliphatic rings. The molecule has 0 bridgehead atoms. The lowest BCUT2D eigenvalue weighted by Gasteiger charge is -2.38. The molecule has 216 valence electrons. The average Bonchev–Trinajstić information content (AvgIpc) is 2.95. The maximum Gasteiger partial charge on any atom is 0.143 e. The molecule has 5 rings (SSSR count). The fourth-order valence-electron chi connectivity index (χ4n) is 5.48. The van der Waals surface area contributed by atoms with Gasteiger partial charge in [-0.15, -0.1) is 0 Å². The van der Waals surface area contributed by atoms with Crippen molar-refractivity contribution in [1.29, 1.82) is 0 Å². The fraction of sp³-hybridized carbons (Fsp3) is 0.273. The van der Waals surface area contributed by atoms with E-state index in [0.29, 0.717) is 29.4 Å². The summed E-state index contributed by atoms with van der Waals surface area (Å²) in [4.78, 5) is 0. The SMILES string of the molecule is CC(C)(c1cc(Br)c(O)c(Br)c1)c1cc(Br)c(O)c(Br)c1.Oc1ccc(C2(c3ccc(O)cc3)CCCCC2)cc1. The van der Waals surface area contributed by atoms with E-state index >= 15 is 0 Å². The summed E-state index contributed by atoms with van der Waals surface area (Å²) in [7, 11) is 0. The third-order valence-corrected chi connectivity index (χ3v) is 10.4. The largest absolute Gasteiger partial charge is 0.508 e. The first-order valence-electron chi connectivity index (χ1n) is 13.3. The van der Waals surface area contributed by atoms with Crippen LogP contribution in [0.5, 0.6) is 23.0 Å². The summed E-state index contributed by atoms with van der Waals surface area (Å²) in [6, 6.07) is 22.8. The molecule has 1 fully saturated rings. The predicted octanol–water partition coefficient (Wildman–Crippen LogP) is 10.8. The highest BCUT2D eigenvalue weighted by atomic mass is 79.9. The normalized spacial score (nSPS) is 14.7. The van der Waals surface area contributed by atoms with Crippen LogP contribution in [0.25, 0.3) is 0 Å². The number of hydrogen-bond donors (Lipinski definition) is 4. The summed E-state index contributed by atoms with van der Waals surface area (Å²) in [6.07, 6.45) is 5.99. The number of rotatable bonds is 4. The summed E-state index contributed by atoms with van der Waals surface area (Å²) in [6.45, 7) is 4.17. The highest BCUT2D eigenvalue weighted by molar-refractivity contribution is 9.11. The number of phenols is 4. The lowest BCUT2D eigenvalue weighted by molar-refractivity contribution is 0.345. The number of hydrogen-bond acceptors (Lipinski definition) is 4. The molecule has 4 nitrogen and oxygen atoms in total. The second-order valence-corrected chi connectivity index (χ2v) is 14.4. The molecule has 41 heavy (non-hydrogen) atoms. The van der Waals surface area contributed by atoms with E-state index in [-0.39, 0.29) is 22.3 Å². The van der Waals surface area contributed by atoms with E-state index in [0.717, 1.165) is 24.0 Å². The van der Waals surface area contributed by atoms with Crippen LogP contribution in [0.2, 0.25) is 0 Å². The molecule has 4 aromatic carbocycles. The molecule has 0 aliphatic heterocycles. The molecule has 0 saturated heterocycles. The second kappa shape index (κ2) is 13.1. The van der Waals surface area contributed by atoms with Crippen LogP contribution < -0.4 is 0 Å². The fourth-order valence-corrected chi connectivity index (χ4v) is 7.85. The Bertz CT molecular complexity index is 1360. The maximum atomic E-state index is 9.85. The van der Waals surface area contributed by atoms with Crippen molar-refractivity contribution < 1.29 is 20.4 Å². The smallest absolute Gasteiger partial charge is 0.143 e. The van der Waals surface area contributed by atoms with E-state index in [2.05, 4.69) is 77.6 Å². The minimum atomic E-state index is -0.308. The van der Waals surface area contributed by atoms with E-state index in [1.54, 1.807) is 24.3 Å². The monoisotopic (exact) mass is 808 g/mol. The first-order valence-corrected chi connectivity index (χ1v) is 16.5. The highest BCUT2D eigenvalue weighted by Gasteiger charge is 2.35. The van der Waals surface area contributed by atoms with E-state index in [1.807, 2.05) is 48.5 Å². The van der Waals surface area contributed by atoms with Gasteiger partial charge in [-0.05, 0) is 147 Å². The highest BCUT2D eigenvalue weighted by Crippen LogP contribution is 2.46. The van der Waals surface area contributed by atoms with Crippen molar-refractivity contribution in [3.8, 4) is 23.0 Å². The van der Waals surface area contributed by atoms with Gasteiger partial charge in [0, 0.05) is 10.8 Å². The summed E-state index contributed by atoms with van der Waals surface area (Å²) < 4.78 is 2.54. The van der Waals surface area contributed by atoms with Gasteiger partial charge in [0.25, 0.3) is 0 Å². The predicted molar refractivity (Wildman–Crippen MR) is 179 cm³/mol. The molecule has 0 atom stereocenters. The summed E-state index contributed by atoms with van der Waals surface area (Å²) in [5.41, 5.74) is 4.31. The van der Waals surface area contributed by atoms with Gasteiger partial charge in [-0.3, -0.25) is 0 Å². The van der Waals surface area contributed by atoms with Gasteiger partial charge in [0.2, 0.25) is 0 Å². The molecule has 4 N–H and O–H groups in total. The van der Waals surface area contributed by atoms with Gasteiger partial charge in [-0.1, -0.05) is 57.4 Å². The Morgan fingerprint density at radius 3 is 1.17 bits per heavy atom. The first-order chi connectivity index (χ1) is 19.3. The zero-order chi connectivity index (χ0) is 29.9. The van der Waals surface area contributed by atoms with Crippen molar-refractivity contribution in [2.75, 3.05) is 0 Å². The maximum absolute atomic E-state index is 9.85. The Morgan fingerprint density at radius 1 is 0.537 bits per heavy atom. The molecule has 4 aromatic rings. The van der Waals surface area contributed by atoms with Crippen LogP contribution in [-0.2, 0) is 10.8 Å². The van der Waals surface area contributed by atoms with E-state index in [4.69, 9.17) is 0 Å². The number of benzene rings is 4. The Labute approximate surface area is 275 Å². The number of phenolic OH excluding ortho intramolecular Hbond substituents is 4. The van der Waals surface area contributed by atoms with Gasteiger partial charge in [0.1, 0.15) is 23.0 Å². The quantitative estimate of drug-likeness (QED) is 0.165. The molecule has 1 aliphatic carbocycles. The van der Waals surface area contributed by atoms with Crippen molar-refractivity contribution in [3.63, 3.8) is 0 Å². The third kappa shape index (κ3) is 6.98. The van der Waals surface area contributed by atoms with Gasteiger partial charge in [-0.25, -0.2) is 0 Å². The van der Waals surface area contributed by atoms with Crippen LogP contribution in [0, 0.1) is 0 Å². The van der Waals surface area contributed by atoms with Crippen LogP contribution in [0.15, 0.2) is 90.7 Å². The molecule has 0 heterocycles. The first kappa shape index (κ1) is 31.9. The van der Waals surface area contributed by atoms with Gasteiger partial charge in [0.15, 0.2) is 0 Å². The molecular weight excluding hydrogens is 780 g/mol. The molecule has 0 spiro atoms. The minimum absolute atomic E-state index is 0.0274. The van der Waals surface area contributed by atoms with Gasteiger partial charge < -0.3 is 20.4 Å². The van der Waals surface area contributed by atoms with Crippen LogP contribution in [0.3, 0.4) is 0 Å². The van der Waals surface area contributed by atoms with E-state index < -0.39 is 0 Å². The van der Waals surface area contributed by atoms with Crippen LogP contribution in [0.4, 0.5) is 0 Å². The Balaban J connectivity index is 0.000000189. The van der Waals surface area contributed by atoms with Gasteiger partial charge in [0.05, 0.1) is 17.9 Å². The Kier molecular flexibility index (Phi) is 10.2. The zero-order valence-electron chi connectivity index (χ0n) is 22.8. The van der Waals surface area contributed by atoms with Gasteiger partial charge >= 0.3 is 0 Å². The van der Waals surface area contributed by atoms with Crippen molar-refractivity contribution in [3.05, 3.63) is 113 Å².